The minimum absolute atomic E-state index is 0.0253. The molecule has 0 unspecified atom stereocenters. The van der Waals surface area contributed by atoms with E-state index in [0.717, 1.165) is 38.8 Å². The van der Waals surface area contributed by atoms with E-state index in [-0.39, 0.29) is 29.6 Å². The number of fused-ring (bicyclic) bond motifs is 1. The molecule has 1 aliphatic heterocycles. The smallest absolute Gasteiger partial charge is 0.328 e. The summed E-state index contributed by atoms with van der Waals surface area (Å²) in [5.41, 5.74) is -0.606. The second-order valence-corrected chi connectivity index (χ2v) is 6.76. The van der Waals surface area contributed by atoms with E-state index in [1.54, 1.807) is 10.8 Å². The number of aromatic nitrogens is 2. The molecule has 7 nitrogen and oxygen atoms in total. The van der Waals surface area contributed by atoms with Gasteiger partial charge in [0.05, 0.1) is 11.0 Å². The Morgan fingerprint density at radius 2 is 2.18 bits per heavy atom. The molecule has 0 aromatic carbocycles. The molecule has 3 fully saturated rings. The van der Waals surface area contributed by atoms with Gasteiger partial charge in [0, 0.05) is 25.3 Å². The first-order valence-electron chi connectivity index (χ1n) is 7.93. The predicted octanol–water partition coefficient (Wildman–Crippen LogP) is -0.513. The van der Waals surface area contributed by atoms with Crippen LogP contribution in [0.3, 0.4) is 0 Å². The lowest BCUT2D eigenvalue weighted by Crippen LogP contribution is -2.52. The van der Waals surface area contributed by atoms with Gasteiger partial charge in [-0.2, -0.15) is 0 Å². The summed E-state index contributed by atoms with van der Waals surface area (Å²) >= 11 is 0. The highest BCUT2D eigenvalue weighted by atomic mass is 16.2. The van der Waals surface area contributed by atoms with Gasteiger partial charge in [-0.15, -0.1) is 0 Å². The Kier molecular flexibility index (Phi) is 3.00. The van der Waals surface area contributed by atoms with Crippen LogP contribution in [0.1, 0.15) is 37.3 Å². The fourth-order valence-corrected chi connectivity index (χ4v) is 3.70. The molecule has 1 amide bonds. The van der Waals surface area contributed by atoms with E-state index in [1.165, 1.54) is 0 Å². The van der Waals surface area contributed by atoms with Crippen molar-refractivity contribution in [3.63, 3.8) is 0 Å². The van der Waals surface area contributed by atoms with Crippen molar-refractivity contribution in [2.45, 2.75) is 38.3 Å². The monoisotopic (exact) mass is 304 g/mol. The average molecular weight is 304 g/mol. The van der Waals surface area contributed by atoms with Gasteiger partial charge in [-0.05, 0) is 38.1 Å². The van der Waals surface area contributed by atoms with Crippen LogP contribution in [0.15, 0.2) is 15.8 Å². The van der Waals surface area contributed by atoms with Crippen LogP contribution in [-0.4, -0.2) is 28.5 Å². The summed E-state index contributed by atoms with van der Waals surface area (Å²) in [6, 6.07) is 0.201. The molecular formula is C15H20N4O3. The number of carbonyl (C=O) groups excluding carboxylic acids is 1. The Morgan fingerprint density at radius 3 is 2.82 bits per heavy atom. The number of amides is 1. The van der Waals surface area contributed by atoms with Crippen LogP contribution in [0.4, 0.5) is 0 Å². The number of aromatic amines is 1. The first kappa shape index (κ1) is 13.8. The van der Waals surface area contributed by atoms with Crippen molar-refractivity contribution in [3.8, 4) is 0 Å². The summed E-state index contributed by atoms with van der Waals surface area (Å²) in [5, 5.41) is 6.18. The normalized spacial score (nSPS) is 29.7. The molecule has 7 heteroatoms. The quantitative estimate of drug-likeness (QED) is 0.698. The maximum Gasteiger partial charge on any atom is 0.328 e. The number of nitrogens with one attached hydrogen (secondary N) is 3. The molecule has 118 valence electrons. The summed E-state index contributed by atoms with van der Waals surface area (Å²) in [7, 11) is 0. The van der Waals surface area contributed by atoms with Crippen molar-refractivity contribution in [3.05, 3.63) is 32.6 Å². The molecule has 1 saturated heterocycles. The molecule has 22 heavy (non-hydrogen) atoms. The van der Waals surface area contributed by atoms with Gasteiger partial charge in [-0.3, -0.25) is 19.1 Å². The molecule has 1 aromatic rings. The lowest BCUT2D eigenvalue weighted by Gasteiger charge is -2.42. The zero-order valence-electron chi connectivity index (χ0n) is 12.4. The molecule has 3 aliphatic rings. The summed E-state index contributed by atoms with van der Waals surface area (Å²) in [4.78, 5) is 38.5. The standard InChI is InChI=1S/C15H20N4O3/c20-12-9(7-19(11-1-2-11)14(22)18-12)5-17-13(21)15-4-3-10(15)6-16-8-15/h7,10-11,16H,1-6,8H2,(H,17,21)(H,18,20,22)/t10-,15-/m0/s1. The van der Waals surface area contributed by atoms with Crippen LogP contribution < -0.4 is 21.9 Å². The number of carbonyl (C=O) groups is 1. The molecule has 3 N–H and O–H groups in total. The highest BCUT2D eigenvalue weighted by molar-refractivity contribution is 5.84. The van der Waals surface area contributed by atoms with E-state index < -0.39 is 5.56 Å². The fraction of sp³-hybridized carbons (Fsp3) is 0.667. The van der Waals surface area contributed by atoms with Crippen molar-refractivity contribution in [2.24, 2.45) is 11.3 Å². The maximum atomic E-state index is 12.5. The van der Waals surface area contributed by atoms with E-state index in [4.69, 9.17) is 0 Å². The number of nitrogens with zero attached hydrogens (tertiary/aromatic N) is 1. The van der Waals surface area contributed by atoms with Crippen LogP contribution in [0.2, 0.25) is 0 Å². The van der Waals surface area contributed by atoms with Crippen molar-refractivity contribution in [1.82, 2.24) is 20.2 Å². The molecule has 2 atom stereocenters. The third kappa shape index (κ3) is 2.03. The second kappa shape index (κ2) is 4.81. The molecule has 0 spiro atoms. The predicted molar refractivity (Wildman–Crippen MR) is 79.5 cm³/mol. The molecule has 1 aromatic heterocycles. The number of hydrogen-bond donors (Lipinski definition) is 3. The highest BCUT2D eigenvalue weighted by Gasteiger charge is 2.55. The molecule has 2 saturated carbocycles. The van der Waals surface area contributed by atoms with Crippen molar-refractivity contribution in [2.75, 3.05) is 13.1 Å². The molecule has 2 heterocycles. The SMILES string of the molecule is O=C(NCc1cn(C2CC2)c(=O)[nH]c1=O)[C@]12CC[C@H]1CNC2. The third-order valence-electron chi connectivity index (χ3n) is 5.42. The van der Waals surface area contributed by atoms with Gasteiger partial charge in [0.1, 0.15) is 0 Å². The maximum absolute atomic E-state index is 12.5. The largest absolute Gasteiger partial charge is 0.351 e. The van der Waals surface area contributed by atoms with Crippen LogP contribution >= 0.6 is 0 Å². The van der Waals surface area contributed by atoms with E-state index in [2.05, 4.69) is 15.6 Å². The van der Waals surface area contributed by atoms with Gasteiger partial charge in [-0.25, -0.2) is 4.79 Å². The number of hydrogen-bond acceptors (Lipinski definition) is 4. The summed E-state index contributed by atoms with van der Waals surface area (Å²) in [5.74, 6) is 0.448. The van der Waals surface area contributed by atoms with E-state index >= 15 is 0 Å². The minimum atomic E-state index is -0.408. The number of rotatable bonds is 4. The van der Waals surface area contributed by atoms with Gasteiger partial charge in [0.25, 0.3) is 5.56 Å². The van der Waals surface area contributed by atoms with Crippen LogP contribution in [0, 0.1) is 11.3 Å². The Balaban J connectivity index is 1.50. The van der Waals surface area contributed by atoms with Crippen molar-refractivity contribution >= 4 is 5.91 Å². The van der Waals surface area contributed by atoms with Crippen molar-refractivity contribution < 1.29 is 4.79 Å². The minimum Gasteiger partial charge on any atom is -0.351 e. The molecular weight excluding hydrogens is 284 g/mol. The summed E-state index contributed by atoms with van der Waals surface area (Å²) < 4.78 is 1.57. The van der Waals surface area contributed by atoms with E-state index in [0.29, 0.717) is 11.5 Å². The van der Waals surface area contributed by atoms with Crippen LogP contribution in [0.5, 0.6) is 0 Å². The average Bonchev–Trinajstić information content (AvgIpc) is 3.25. The number of H-pyrrole nitrogens is 1. The third-order valence-corrected chi connectivity index (χ3v) is 5.42. The second-order valence-electron chi connectivity index (χ2n) is 6.76. The van der Waals surface area contributed by atoms with Gasteiger partial charge in [-0.1, -0.05) is 0 Å². The van der Waals surface area contributed by atoms with Gasteiger partial charge < -0.3 is 10.6 Å². The molecule has 0 radical (unpaired) electrons. The van der Waals surface area contributed by atoms with E-state index in [1.807, 2.05) is 0 Å². The zero-order valence-corrected chi connectivity index (χ0v) is 12.4. The van der Waals surface area contributed by atoms with Crippen molar-refractivity contribution in [1.29, 1.82) is 0 Å². The Bertz CT molecular complexity index is 733. The first-order valence-corrected chi connectivity index (χ1v) is 7.93. The first-order chi connectivity index (χ1) is 10.6. The summed E-state index contributed by atoms with van der Waals surface area (Å²) in [6.45, 7) is 1.80. The Morgan fingerprint density at radius 1 is 1.36 bits per heavy atom. The highest BCUT2D eigenvalue weighted by Crippen LogP contribution is 2.49. The van der Waals surface area contributed by atoms with E-state index in [9.17, 15) is 14.4 Å². The Hall–Kier alpha value is -1.89. The van der Waals surface area contributed by atoms with Crippen LogP contribution in [-0.2, 0) is 11.3 Å². The topological polar surface area (TPSA) is 96.0 Å². The fourth-order valence-electron chi connectivity index (χ4n) is 3.70. The summed E-state index contributed by atoms with van der Waals surface area (Å²) in [6.07, 6.45) is 5.53. The van der Waals surface area contributed by atoms with Crippen LogP contribution in [0.25, 0.3) is 0 Å². The lowest BCUT2D eigenvalue weighted by atomic mass is 9.61. The molecule has 0 bridgehead atoms. The lowest BCUT2D eigenvalue weighted by molar-refractivity contribution is -0.138. The van der Waals surface area contributed by atoms with Gasteiger partial charge >= 0.3 is 5.69 Å². The van der Waals surface area contributed by atoms with Gasteiger partial charge in [0.2, 0.25) is 5.91 Å². The zero-order chi connectivity index (χ0) is 15.3. The van der Waals surface area contributed by atoms with Gasteiger partial charge in [0.15, 0.2) is 0 Å². The molecule has 4 rings (SSSR count). The Labute approximate surface area is 127 Å². The molecule has 2 aliphatic carbocycles.